The van der Waals surface area contributed by atoms with Crippen LogP contribution in [0.5, 0.6) is 0 Å². The van der Waals surface area contributed by atoms with Crippen molar-refractivity contribution in [1.29, 1.82) is 5.41 Å². The minimum atomic E-state index is -0.273. The third-order valence-corrected chi connectivity index (χ3v) is 0.602. The normalized spacial score (nSPS) is 10.6. The minimum absolute atomic E-state index is 0.127. The molecule has 9 heavy (non-hydrogen) atoms. The van der Waals surface area contributed by atoms with E-state index in [1.165, 1.54) is 6.08 Å². The Morgan fingerprint density at radius 1 is 1.56 bits per heavy atom. The van der Waals surface area contributed by atoms with Crippen molar-refractivity contribution in [1.82, 2.24) is 0 Å². The second kappa shape index (κ2) is 2.67. The lowest BCUT2D eigenvalue weighted by Crippen LogP contribution is -2.21. The van der Waals surface area contributed by atoms with Crippen molar-refractivity contribution in [2.45, 2.75) is 26.4 Å². The largest absolute Gasteiger partial charge is 0.472 e. The summed E-state index contributed by atoms with van der Waals surface area (Å²) in [6, 6.07) is 0. The van der Waals surface area contributed by atoms with E-state index in [1.54, 1.807) is 0 Å². The maximum atomic E-state index is 7.05. The lowest BCUT2D eigenvalue weighted by Gasteiger charge is -2.19. The number of rotatable bonds is 1. The summed E-state index contributed by atoms with van der Waals surface area (Å²) in [4.78, 5) is 0. The zero-order valence-electron chi connectivity index (χ0n) is 6.19. The van der Waals surface area contributed by atoms with Gasteiger partial charge in [-0.3, -0.25) is 5.41 Å². The molecule has 0 aromatic carbocycles. The Bertz CT molecular complexity index is 121. The third kappa shape index (κ3) is 5.07. The van der Waals surface area contributed by atoms with Crippen LogP contribution in [-0.2, 0) is 4.74 Å². The predicted molar refractivity (Wildman–Crippen MR) is 38.8 cm³/mol. The predicted octanol–water partition coefficient (Wildman–Crippen LogP) is 1.96. The second-order valence-electron chi connectivity index (χ2n) is 2.78. The summed E-state index contributed by atoms with van der Waals surface area (Å²) in [5, 5.41) is 7.05. The zero-order valence-corrected chi connectivity index (χ0v) is 6.19. The van der Waals surface area contributed by atoms with Crippen molar-refractivity contribution >= 4 is 5.90 Å². The molecule has 2 heteroatoms. The van der Waals surface area contributed by atoms with E-state index in [4.69, 9.17) is 10.1 Å². The highest BCUT2D eigenvalue weighted by atomic mass is 16.5. The molecule has 0 saturated heterocycles. The first-order valence-corrected chi connectivity index (χ1v) is 2.86. The number of nitrogens with one attached hydrogen (secondary N) is 1. The Morgan fingerprint density at radius 3 is 2.11 bits per heavy atom. The van der Waals surface area contributed by atoms with Gasteiger partial charge in [0.2, 0.25) is 5.90 Å². The zero-order chi connectivity index (χ0) is 7.49. The SMILES string of the molecule is C=CC(=N)OC(C)(C)C. The number of ether oxygens (including phenoxy) is 1. The molecule has 0 aliphatic rings. The van der Waals surface area contributed by atoms with Crippen LogP contribution in [0.15, 0.2) is 12.7 Å². The molecule has 0 atom stereocenters. The summed E-state index contributed by atoms with van der Waals surface area (Å²) in [7, 11) is 0. The molecule has 0 rings (SSSR count). The minimum Gasteiger partial charge on any atom is -0.472 e. The molecular weight excluding hydrogens is 114 g/mol. The molecule has 0 fully saturated rings. The van der Waals surface area contributed by atoms with Crippen molar-refractivity contribution in [2.24, 2.45) is 0 Å². The lowest BCUT2D eigenvalue weighted by molar-refractivity contribution is 0.117. The average Bonchev–Trinajstić information content (AvgIpc) is 1.62. The van der Waals surface area contributed by atoms with Crippen LogP contribution in [0.2, 0.25) is 0 Å². The van der Waals surface area contributed by atoms with Gasteiger partial charge in [-0.25, -0.2) is 0 Å². The van der Waals surface area contributed by atoms with E-state index in [2.05, 4.69) is 6.58 Å². The van der Waals surface area contributed by atoms with Crippen LogP contribution in [-0.4, -0.2) is 11.5 Å². The summed E-state index contributed by atoms with van der Waals surface area (Å²) < 4.78 is 5.05. The summed E-state index contributed by atoms with van der Waals surface area (Å²) >= 11 is 0. The first-order chi connectivity index (χ1) is 3.95. The van der Waals surface area contributed by atoms with Gasteiger partial charge in [0.15, 0.2) is 0 Å². The van der Waals surface area contributed by atoms with Gasteiger partial charge < -0.3 is 4.74 Å². The molecule has 0 amide bonds. The summed E-state index contributed by atoms with van der Waals surface area (Å²) in [5.74, 6) is 0.127. The number of hydrogen-bond donors (Lipinski definition) is 1. The molecule has 52 valence electrons. The second-order valence-corrected chi connectivity index (χ2v) is 2.78. The van der Waals surface area contributed by atoms with E-state index in [0.29, 0.717) is 0 Å². The summed E-state index contributed by atoms with van der Waals surface area (Å²) in [6.45, 7) is 9.08. The van der Waals surface area contributed by atoms with E-state index in [-0.39, 0.29) is 11.5 Å². The number of hydrogen-bond acceptors (Lipinski definition) is 2. The smallest absolute Gasteiger partial charge is 0.205 e. The monoisotopic (exact) mass is 127 g/mol. The molecule has 0 aromatic heterocycles. The van der Waals surface area contributed by atoms with Crippen LogP contribution in [0.25, 0.3) is 0 Å². The van der Waals surface area contributed by atoms with Crippen molar-refractivity contribution in [3.8, 4) is 0 Å². The van der Waals surface area contributed by atoms with Crippen LogP contribution in [0.3, 0.4) is 0 Å². The highest BCUT2D eigenvalue weighted by molar-refractivity contribution is 5.84. The fourth-order valence-corrected chi connectivity index (χ4v) is 0.372. The highest BCUT2D eigenvalue weighted by Gasteiger charge is 2.10. The fraction of sp³-hybridized carbons (Fsp3) is 0.571. The van der Waals surface area contributed by atoms with Gasteiger partial charge in [-0.15, -0.1) is 0 Å². The molecule has 0 unspecified atom stereocenters. The highest BCUT2D eigenvalue weighted by Crippen LogP contribution is 2.06. The third-order valence-electron chi connectivity index (χ3n) is 0.602. The summed E-state index contributed by atoms with van der Waals surface area (Å²) in [5.41, 5.74) is -0.273. The van der Waals surface area contributed by atoms with E-state index in [9.17, 15) is 0 Å². The topological polar surface area (TPSA) is 33.1 Å². The van der Waals surface area contributed by atoms with Crippen LogP contribution >= 0.6 is 0 Å². The first kappa shape index (κ1) is 8.21. The van der Waals surface area contributed by atoms with Gasteiger partial charge in [-0.05, 0) is 26.8 Å². The van der Waals surface area contributed by atoms with Gasteiger partial charge in [-0.1, -0.05) is 6.58 Å². The molecule has 0 bridgehead atoms. The lowest BCUT2D eigenvalue weighted by atomic mass is 10.2. The van der Waals surface area contributed by atoms with Gasteiger partial charge in [0.1, 0.15) is 5.60 Å². The Morgan fingerprint density at radius 2 is 2.00 bits per heavy atom. The molecule has 0 aromatic rings. The Kier molecular flexibility index (Phi) is 2.43. The van der Waals surface area contributed by atoms with E-state index < -0.39 is 0 Å². The Balaban J connectivity index is 3.74. The van der Waals surface area contributed by atoms with Gasteiger partial charge in [-0.2, -0.15) is 0 Å². The van der Waals surface area contributed by atoms with E-state index in [1.807, 2.05) is 20.8 Å². The van der Waals surface area contributed by atoms with E-state index >= 15 is 0 Å². The average molecular weight is 127 g/mol. The molecule has 0 radical (unpaired) electrons. The van der Waals surface area contributed by atoms with Crippen LogP contribution in [0.1, 0.15) is 20.8 Å². The molecule has 0 saturated carbocycles. The van der Waals surface area contributed by atoms with Gasteiger partial charge in [0.05, 0.1) is 0 Å². The maximum Gasteiger partial charge on any atom is 0.205 e. The van der Waals surface area contributed by atoms with Crippen LogP contribution in [0, 0.1) is 5.41 Å². The summed E-state index contributed by atoms with van der Waals surface area (Å²) in [6.07, 6.45) is 1.38. The molecule has 0 aliphatic carbocycles. The quantitative estimate of drug-likeness (QED) is 0.424. The van der Waals surface area contributed by atoms with Crippen molar-refractivity contribution in [3.63, 3.8) is 0 Å². The molecular formula is C7H13NO. The van der Waals surface area contributed by atoms with Gasteiger partial charge >= 0.3 is 0 Å². The molecule has 0 heterocycles. The standard InChI is InChI=1S/C7H13NO/c1-5-6(8)9-7(2,3)4/h5,8H,1H2,2-4H3. The maximum absolute atomic E-state index is 7.05. The van der Waals surface area contributed by atoms with Crippen molar-refractivity contribution in [3.05, 3.63) is 12.7 Å². The Labute approximate surface area is 56.0 Å². The molecule has 2 nitrogen and oxygen atoms in total. The van der Waals surface area contributed by atoms with Crippen molar-refractivity contribution < 1.29 is 4.74 Å². The first-order valence-electron chi connectivity index (χ1n) is 2.86. The fourth-order valence-electron chi connectivity index (χ4n) is 0.372. The van der Waals surface area contributed by atoms with E-state index in [0.717, 1.165) is 0 Å². The van der Waals surface area contributed by atoms with Crippen molar-refractivity contribution in [2.75, 3.05) is 0 Å². The van der Waals surface area contributed by atoms with Gasteiger partial charge in [0, 0.05) is 0 Å². The Hall–Kier alpha value is -0.790. The molecule has 0 aliphatic heterocycles. The molecule has 0 spiro atoms. The van der Waals surface area contributed by atoms with Crippen LogP contribution in [0.4, 0.5) is 0 Å². The van der Waals surface area contributed by atoms with Crippen LogP contribution < -0.4 is 0 Å². The molecule has 1 N–H and O–H groups in total. The van der Waals surface area contributed by atoms with Gasteiger partial charge in [0.25, 0.3) is 0 Å².